The van der Waals surface area contributed by atoms with Crippen LogP contribution in [-0.4, -0.2) is 31.5 Å². The highest BCUT2D eigenvalue weighted by Gasteiger charge is 2.15. The third kappa shape index (κ3) is 3.58. The van der Waals surface area contributed by atoms with Crippen LogP contribution >= 0.6 is 0 Å². The second-order valence-electron chi connectivity index (χ2n) is 3.44. The lowest BCUT2D eigenvalue weighted by atomic mass is 10.3. The summed E-state index contributed by atoms with van der Waals surface area (Å²) in [5.74, 6) is 0.669. The van der Waals surface area contributed by atoms with Crippen molar-refractivity contribution in [1.29, 1.82) is 0 Å². The number of aromatic amines is 1. The predicted molar refractivity (Wildman–Crippen MR) is 61.4 cm³/mol. The summed E-state index contributed by atoms with van der Waals surface area (Å²) in [5.41, 5.74) is 5.32. The molecule has 1 aromatic heterocycles. The Balaban J connectivity index is 2.56. The summed E-state index contributed by atoms with van der Waals surface area (Å²) >= 11 is 0. The first-order valence-electron chi connectivity index (χ1n) is 5.33. The van der Waals surface area contributed by atoms with Gasteiger partial charge in [0.05, 0.1) is 6.20 Å². The third-order valence-electron chi connectivity index (χ3n) is 2.15. The van der Waals surface area contributed by atoms with E-state index in [0.29, 0.717) is 25.3 Å². The van der Waals surface area contributed by atoms with Gasteiger partial charge in [0.25, 0.3) is 10.0 Å². The van der Waals surface area contributed by atoms with Crippen LogP contribution in [0, 0.1) is 0 Å². The van der Waals surface area contributed by atoms with Gasteiger partial charge in [-0.2, -0.15) is 0 Å². The Hall–Kier alpha value is -0.920. The minimum atomic E-state index is -3.44. The van der Waals surface area contributed by atoms with Crippen LogP contribution in [0.1, 0.15) is 25.6 Å². The number of imidazole rings is 1. The average Bonchev–Trinajstić information content (AvgIpc) is 2.73. The van der Waals surface area contributed by atoms with Gasteiger partial charge in [-0.1, -0.05) is 6.92 Å². The highest BCUT2D eigenvalue weighted by atomic mass is 32.2. The van der Waals surface area contributed by atoms with E-state index in [9.17, 15) is 8.42 Å². The van der Waals surface area contributed by atoms with Crippen molar-refractivity contribution in [3.63, 3.8) is 0 Å². The van der Waals surface area contributed by atoms with E-state index in [-0.39, 0.29) is 5.03 Å². The first-order valence-corrected chi connectivity index (χ1v) is 6.82. The van der Waals surface area contributed by atoms with Gasteiger partial charge in [0.2, 0.25) is 0 Å². The number of hydrogen-bond donors (Lipinski definition) is 3. The number of H-pyrrole nitrogens is 1. The van der Waals surface area contributed by atoms with E-state index in [1.165, 1.54) is 6.20 Å². The number of nitrogens with two attached hydrogens (primary N) is 1. The fraction of sp³-hybridized carbons (Fsp3) is 0.667. The third-order valence-corrected chi connectivity index (χ3v) is 3.52. The van der Waals surface area contributed by atoms with Crippen LogP contribution in [0.3, 0.4) is 0 Å². The van der Waals surface area contributed by atoms with E-state index in [4.69, 9.17) is 5.73 Å². The highest BCUT2D eigenvalue weighted by molar-refractivity contribution is 7.89. The molecule has 16 heavy (non-hydrogen) atoms. The number of nitrogens with zero attached hydrogens (tertiary/aromatic N) is 1. The molecule has 6 nitrogen and oxygen atoms in total. The normalized spacial score (nSPS) is 11.9. The van der Waals surface area contributed by atoms with Gasteiger partial charge >= 0.3 is 0 Å². The molecule has 0 bridgehead atoms. The molecule has 1 rings (SSSR count). The Morgan fingerprint density at radius 3 is 2.81 bits per heavy atom. The first-order chi connectivity index (χ1) is 7.60. The van der Waals surface area contributed by atoms with Crippen LogP contribution < -0.4 is 10.5 Å². The molecule has 0 unspecified atom stereocenters. The van der Waals surface area contributed by atoms with E-state index in [0.717, 1.165) is 12.8 Å². The standard InChI is InChI=1S/C9H18N4O2S/c1-2-8-11-7-9(13-8)16(14,15)12-6-4-3-5-10/h7,12H,2-6,10H2,1H3,(H,11,13). The molecule has 0 saturated carbocycles. The summed E-state index contributed by atoms with van der Waals surface area (Å²) in [4.78, 5) is 6.71. The van der Waals surface area contributed by atoms with Gasteiger partial charge in [0.15, 0.2) is 5.03 Å². The van der Waals surface area contributed by atoms with E-state index in [1.54, 1.807) is 0 Å². The summed E-state index contributed by atoms with van der Waals surface area (Å²) < 4.78 is 25.9. The smallest absolute Gasteiger partial charge is 0.257 e. The Morgan fingerprint density at radius 2 is 2.25 bits per heavy atom. The largest absolute Gasteiger partial charge is 0.332 e. The molecule has 4 N–H and O–H groups in total. The molecule has 0 aliphatic rings. The maximum absolute atomic E-state index is 11.7. The average molecular weight is 246 g/mol. The predicted octanol–water partition coefficient (Wildman–Crippen LogP) is -0.0107. The van der Waals surface area contributed by atoms with Gasteiger partial charge in [-0.05, 0) is 19.4 Å². The topological polar surface area (TPSA) is 101 Å². The summed E-state index contributed by atoms with van der Waals surface area (Å²) in [7, 11) is -3.44. The first kappa shape index (κ1) is 13.1. The van der Waals surface area contributed by atoms with Crippen molar-refractivity contribution in [3.8, 4) is 0 Å². The molecule has 0 saturated heterocycles. The lowest BCUT2D eigenvalue weighted by Crippen LogP contribution is -2.25. The van der Waals surface area contributed by atoms with Crippen molar-refractivity contribution in [3.05, 3.63) is 12.0 Å². The van der Waals surface area contributed by atoms with Crippen LogP contribution in [0.2, 0.25) is 0 Å². The zero-order valence-corrected chi connectivity index (χ0v) is 10.2. The van der Waals surface area contributed by atoms with Crippen LogP contribution in [-0.2, 0) is 16.4 Å². The molecular formula is C9H18N4O2S. The molecule has 0 aromatic carbocycles. The van der Waals surface area contributed by atoms with E-state index >= 15 is 0 Å². The van der Waals surface area contributed by atoms with Crippen molar-refractivity contribution in [2.75, 3.05) is 13.1 Å². The Kier molecular flexibility index (Phi) is 4.91. The van der Waals surface area contributed by atoms with E-state index in [1.807, 2.05) is 6.92 Å². The minimum absolute atomic E-state index is 0.122. The number of aryl methyl sites for hydroxylation is 1. The minimum Gasteiger partial charge on any atom is -0.332 e. The molecule has 0 radical (unpaired) electrons. The molecule has 0 aliphatic heterocycles. The Labute approximate surface area is 95.7 Å². The second-order valence-corrected chi connectivity index (χ2v) is 5.18. The van der Waals surface area contributed by atoms with Crippen molar-refractivity contribution in [2.24, 2.45) is 5.73 Å². The molecule has 0 fully saturated rings. The van der Waals surface area contributed by atoms with Crippen LogP contribution in [0.25, 0.3) is 0 Å². The van der Waals surface area contributed by atoms with Crippen molar-refractivity contribution < 1.29 is 8.42 Å². The molecule has 0 aliphatic carbocycles. The SMILES string of the molecule is CCc1ncc(S(=O)(=O)NCCCCN)[nH]1. The van der Waals surface area contributed by atoms with Gasteiger partial charge in [-0.3, -0.25) is 0 Å². The molecular weight excluding hydrogens is 228 g/mol. The monoisotopic (exact) mass is 246 g/mol. The number of hydrogen-bond acceptors (Lipinski definition) is 4. The molecule has 0 spiro atoms. The van der Waals surface area contributed by atoms with E-state index < -0.39 is 10.0 Å². The van der Waals surface area contributed by atoms with Gasteiger partial charge in [0.1, 0.15) is 5.82 Å². The molecule has 92 valence electrons. The molecule has 0 atom stereocenters. The van der Waals surface area contributed by atoms with Crippen LogP contribution in [0.4, 0.5) is 0 Å². The highest BCUT2D eigenvalue weighted by Crippen LogP contribution is 2.05. The van der Waals surface area contributed by atoms with Crippen molar-refractivity contribution >= 4 is 10.0 Å². The van der Waals surface area contributed by atoms with Gasteiger partial charge < -0.3 is 10.7 Å². The second kappa shape index (κ2) is 5.97. The lowest BCUT2D eigenvalue weighted by molar-refractivity contribution is 0.573. The van der Waals surface area contributed by atoms with Crippen molar-refractivity contribution in [2.45, 2.75) is 31.2 Å². The molecule has 1 aromatic rings. The number of sulfonamides is 1. The molecule has 7 heteroatoms. The van der Waals surface area contributed by atoms with E-state index in [2.05, 4.69) is 14.7 Å². The number of nitrogens with one attached hydrogen (secondary N) is 2. The summed E-state index contributed by atoms with van der Waals surface area (Å²) in [6.07, 6.45) is 3.57. The fourth-order valence-electron chi connectivity index (χ4n) is 1.21. The van der Waals surface area contributed by atoms with Crippen LogP contribution in [0.5, 0.6) is 0 Å². The fourth-order valence-corrected chi connectivity index (χ4v) is 2.23. The van der Waals surface area contributed by atoms with Crippen LogP contribution in [0.15, 0.2) is 11.2 Å². The quantitative estimate of drug-likeness (QED) is 0.589. The maximum Gasteiger partial charge on any atom is 0.257 e. The molecule has 0 amide bonds. The Bertz CT molecular complexity index is 413. The van der Waals surface area contributed by atoms with Crippen molar-refractivity contribution in [1.82, 2.24) is 14.7 Å². The number of rotatable bonds is 7. The summed E-state index contributed by atoms with van der Waals surface area (Å²) in [6, 6.07) is 0. The van der Waals surface area contributed by atoms with Gasteiger partial charge in [-0.25, -0.2) is 18.1 Å². The Morgan fingerprint density at radius 1 is 1.50 bits per heavy atom. The molecule has 1 heterocycles. The van der Waals surface area contributed by atoms with Gasteiger partial charge in [-0.15, -0.1) is 0 Å². The van der Waals surface area contributed by atoms with Gasteiger partial charge in [0, 0.05) is 13.0 Å². The zero-order chi connectivity index (χ0) is 12.0. The number of aromatic nitrogens is 2. The zero-order valence-electron chi connectivity index (χ0n) is 9.36. The number of unbranched alkanes of at least 4 members (excludes halogenated alkanes) is 1. The maximum atomic E-state index is 11.7. The lowest BCUT2D eigenvalue weighted by Gasteiger charge is -2.03. The summed E-state index contributed by atoms with van der Waals surface area (Å²) in [5, 5.41) is 0.122. The summed E-state index contributed by atoms with van der Waals surface area (Å²) in [6.45, 7) is 2.88.